The van der Waals surface area contributed by atoms with Crippen molar-refractivity contribution in [2.75, 3.05) is 5.73 Å². The maximum atomic E-state index is 12.9. The van der Waals surface area contributed by atoms with Crippen molar-refractivity contribution in [3.63, 3.8) is 0 Å². The van der Waals surface area contributed by atoms with Crippen molar-refractivity contribution in [1.29, 1.82) is 0 Å². The van der Waals surface area contributed by atoms with Gasteiger partial charge in [0.2, 0.25) is 10.0 Å². The van der Waals surface area contributed by atoms with Gasteiger partial charge in [0.05, 0.1) is 20.9 Å². The third-order valence-electron chi connectivity index (χ3n) is 5.22. The highest BCUT2D eigenvalue weighted by Gasteiger charge is 2.27. The van der Waals surface area contributed by atoms with Gasteiger partial charge in [0.1, 0.15) is 0 Å². The van der Waals surface area contributed by atoms with E-state index in [9.17, 15) is 13.2 Å². The van der Waals surface area contributed by atoms with E-state index in [-0.39, 0.29) is 35.1 Å². The molecule has 176 valence electrons. The number of nitrogens with zero attached hydrogens (tertiary/aromatic N) is 1. The van der Waals surface area contributed by atoms with Crippen molar-refractivity contribution < 1.29 is 17.9 Å². The Kier molecular flexibility index (Phi) is 7.79. The second-order valence-corrected chi connectivity index (χ2v) is 11.5. The zero-order chi connectivity index (χ0) is 23.5. The number of sulfonamides is 1. The van der Waals surface area contributed by atoms with Gasteiger partial charge in [-0.15, -0.1) is 11.3 Å². The van der Waals surface area contributed by atoms with E-state index < -0.39 is 10.0 Å². The fourth-order valence-electron chi connectivity index (χ4n) is 3.84. The summed E-state index contributed by atoms with van der Waals surface area (Å²) in [4.78, 5) is 17.4. The van der Waals surface area contributed by atoms with Crippen LogP contribution in [0.2, 0.25) is 0 Å². The number of hydrogen-bond donors (Lipinski definition) is 3. The summed E-state index contributed by atoms with van der Waals surface area (Å²) in [7, 11) is -3.71. The molecular formula is C22H32N4O4S2. The number of nitrogens with one attached hydrogen (secondary N) is 2. The summed E-state index contributed by atoms with van der Waals surface area (Å²) in [6.45, 7) is 7.21. The number of benzene rings is 1. The number of alkyl carbamates (subject to hydrolysis) is 1. The first-order chi connectivity index (χ1) is 15.0. The van der Waals surface area contributed by atoms with E-state index in [1.165, 1.54) is 17.4 Å². The largest absolute Gasteiger partial charge is 0.447 e. The van der Waals surface area contributed by atoms with Gasteiger partial charge in [-0.25, -0.2) is 22.9 Å². The molecule has 1 amide bonds. The Bertz CT molecular complexity index is 1040. The number of nitrogens with two attached hydrogens (primary N) is 1. The Labute approximate surface area is 194 Å². The zero-order valence-electron chi connectivity index (χ0n) is 18.9. The molecule has 0 spiro atoms. The SMILES string of the molecule is CC(C)NS(=O)(=O)c1cc(N)ccc1-c1cnc([C@H]2CC[C@H](NC(=O)OC(C)C)CC2)s1. The fourth-order valence-corrected chi connectivity index (χ4v) is 6.54. The fraction of sp³-hybridized carbons (Fsp3) is 0.545. The molecule has 0 radical (unpaired) electrons. The number of rotatable bonds is 7. The molecule has 4 N–H and O–H groups in total. The smallest absolute Gasteiger partial charge is 0.407 e. The molecule has 0 unspecified atom stereocenters. The molecule has 1 aromatic heterocycles. The van der Waals surface area contributed by atoms with Crippen LogP contribution < -0.4 is 15.8 Å². The molecule has 1 aliphatic carbocycles. The van der Waals surface area contributed by atoms with Gasteiger partial charge < -0.3 is 15.8 Å². The van der Waals surface area contributed by atoms with Gasteiger partial charge in [-0.1, -0.05) is 6.07 Å². The number of anilines is 1. The lowest BCUT2D eigenvalue weighted by molar-refractivity contribution is 0.109. The molecule has 0 saturated heterocycles. The third kappa shape index (κ3) is 6.20. The Morgan fingerprint density at radius 3 is 2.50 bits per heavy atom. The highest BCUT2D eigenvalue weighted by atomic mass is 32.2. The molecular weight excluding hydrogens is 448 g/mol. The van der Waals surface area contributed by atoms with Crippen LogP contribution in [0.25, 0.3) is 10.4 Å². The maximum absolute atomic E-state index is 12.9. The van der Waals surface area contributed by atoms with Crippen LogP contribution in [0.3, 0.4) is 0 Å². The van der Waals surface area contributed by atoms with Crippen LogP contribution in [-0.2, 0) is 14.8 Å². The summed E-state index contributed by atoms with van der Waals surface area (Å²) in [5.41, 5.74) is 6.88. The van der Waals surface area contributed by atoms with Crippen molar-refractivity contribution in [3.05, 3.63) is 29.4 Å². The van der Waals surface area contributed by atoms with E-state index in [0.29, 0.717) is 11.3 Å². The molecule has 1 aromatic carbocycles. The monoisotopic (exact) mass is 480 g/mol. The first-order valence-corrected chi connectivity index (χ1v) is 13.2. The summed E-state index contributed by atoms with van der Waals surface area (Å²) in [5.74, 6) is 0.288. The second-order valence-electron chi connectivity index (χ2n) is 8.74. The minimum absolute atomic E-state index is 0.105. The molecule has 0 aliphatic heterocycles. The van der Waals surface area contributed by atoms with Gasteiger partial charge in [-0.05, 0) is 65.5 Å². The number of ether oxygens (including phenoxy) is 1. The average molecular weight is 481 g/mol. The summed E-state index contributed by atoms with van der Waals surface area (Å²) in [5, 5.41) is 3.92. The van der Waals surface area contributed by atoms with Gasteiger partial charge in [-0.2, -0.15) is 0 Å². The van der Waals surface area contributed by atoms with Gasteiger partial charge in [0.15, 0.2) is 0 Å². The van der Waals surface area contributed by atoms with Crippen LogP contribution in [-0.4, -0.2) is 37.7 Å². The molecule has 1 fully saturated rings. The summed E-state index contributed by atoms with van der Waals surface area (Å²) < 4.78 is 33.5. The number of carbonyl (C=O) groups is 1. The van der Waals surface area contributed by atoms with Gasteiger partial charge in [0.25, 0.3) is 0 Å². The highest BCUT2D eigenvalue weighted by Crippen LogP contribution is 2.39. The van der Waals surface area contributed by atoms with Crippen LogP contribution in [0, 0.1) is 0 Å². The first kappa shape index (κ1) is 24.5. The lowest BCUT2D eigenvalue weighted by Crippen LogP contribution is -2.38. The summed E-state index contributed by atoms with van der Waals surface area (Å²) in [6.07, 6.45) is 4.75. The molecule has 8 nitrogen and oxygen atoms in total. The van der Waals surface area contributed by atoms with Gasteiger partial charge in [0, 0.05) is 35.4 Å². The second kappa shape index (κ2) is 10.2. The van der Waals surface area contributed by atoms with Crippen LogP contribution in [0.1, 0.15) is 64.3 Å². The Balaban J connectivity index is 1.73. The highest BCUT2D eigenvalue weighted by molar-refractivity contribution is 7.89. The molecule has 3 rings (SSSR count). The average Bonchev–Trinajstić information content (AvgIpc) is 3.17. The van der Waals surface area contributed by atoms with Crippen LogP contribution in [0.4, 0.5) is 10.5 Å². The van der Waals surface area contributed by atoms with Gasteiger partial charge in [-0.3, -0.25) is 0 Å². The lowest BCUT2D eigenvalue weighted by Gasteiger charge is -2.28. The number of aromatic nitrogens is 1. The Hall–Kier alpha value is -2.17. The number of carbonyl (C=O) groups excluding carboxylic acids is 1. The van der Waals surface area contributed by atoms with E-state index in [0.717, 1.165) is 35.6 Å². The Morgan fingerprint density at radius 2 is 1.88 bits per heavy atom. The topological polar surface area (TPSA) is 123 Å². The van der Waals surface area contributed by atoms with E-state index >= 15 is 0 Å². The van der Waals surface area contributed by atoms with Crippen LogP contribution in [0.5, 0.6) is 0 Å². The number of nitrogen functional groups attached to an aromatic ring is 1. The summed E-state index contributed by atoms with van der Waals surface area (Å²) in [6, 6.07) is 4.81. The van der Waals surface area contributed by atoms with Crippen molar-refractivity contribution in [1.82, 2.24) is 15.0 Å². The van der Waals surface area contributed by atoms with Crippen LogP contribution >= 0.6 is 11.3 Å². The molecule has 1 heterocycles. The quantitative estimate of drug-likeness (QED) is 0.509. The van der Waals surface area contributed by atoms with Crippen molar-refractivity contribution in [2.24, 2.45) is 0 Å². The molecule has 0 atom stereocenters. The molecule has 2 aromatic rings. The molecule has 10 heteroatoms. The summed E-state index contributed by atoms with van der Waals surface area (Å²) >= 11 is 1.51. The van der Waals surface area contributed by atoms with E-state index in [1.807, 2.05) is 13.8 Å². The number of amides is 1. The first-order valence-electron chi connectivity index (χ1n) is 10.9. The number of thiazole rings is 1. The minimum Gasteiger partial charge on any atom is -0.447 e. The number of hydrogen-bond acceptors (Lipinski definition) is 7. The van der Waals surface area contributed by atoms with Crippen molar-refractivity contribution in [3.8, 4) is 10.4 Å². The standard InChI is InChI=1S/C22H32N4O4S2/c1-13(2)26-32(28,29)20-11-16(23)7-10-18(20)19-12-24-21(31-19)15-5-8-17(9-6-15)25-22(27)30-14(3)4/h7,10-15,17,26H,5-6,8-9,23H2,1-4H3,(H,25,27)/t15-,17-. The Morgan fingerprint density at radius 1 is 1.19 bits per heavy atom. The minimum atomic E-state index is -3.71. The third-order valence-corrected chi connectivity index (χ3v) is 8.11. The zero-order valence-corrected chi connectivity index (χ0v) is 20.6. The normalized spacial score (nSPS) is 19.3. The predicted octanol–water partition coefficient (Wildman–Crippen LogP) is 4.24. The predicted molar refractivity (Wildman–Crippen MR) is 127 cm³/mol. The lowest BCUT2D eigenvalue weighted by atomic mass is 9.86. The molecule has 0 bridgehead atoms. The van der Waals surface area contributed by atoms with Crippen molar-refractivity contribution >= 4 is 33.1 Å². The van der Waals surface area contributed by atoms with E-state index in [4.69, 9.17) is 10.5 Å². The van der Waals surface area contributed by atoms with Crippen molar-refractivity contribution in [2.45, 2.75) is 82.4 Å². The molecule has 32 heavy (non-hydrogen) atoms. The molecule has 1 aliphatic rings. The van der Waals surface area contributed by atoms with Gasteiger partial charge >= 0.3 is 6.09 Å². The maximum Gasteiger partial charge on any atom is 0.407 e. The molecule has 1 saturated carbocycles. The van der Waals surface area contributed by atoms with E-state index in [1.54, 1.807) is 32.2 Å². The van der Waals surface area contributed by atoms with Crippen LogP contribution in [0.15, 0.2) is 29.3 Å². The van der Waals surface area contributed by atoms with E-state index in [2.05, 4.69) is 15.0 Å².